The van der Waals surface area contributed by atoms with Crippen LogP contribution in [0.3, 0.4) is 0 Å². The molecular formula is C19H29N5. The molecule has 2 atom stereocenters. The number of pyridine rings is 1. The molecule has 0 saturated carbocycles. The molecule has 1 N–H and O–H groups in total. The Labute approximate surface area is 144 Å². The topological polar surface area (TPSA) is 44.9 Å². The summed E-state index contributed by atoms with van der Waals surface area (Å²) < 4.78 is 2.10. The first kappa shape index (κ1) is 16.8. The second kappa shape index (κ2) is 7.24. The van der Waals surface area contributed by atoms with E-state index in [2.05, 4.69) is 64.9 Å². The van der Waals surface area contributed by atoms with Gasteiger partial charge in [0.15, 0.2) is 5.96 Å². The maximum Gasteiger partial charge on any atom is 0.193 e. The fourth-order valence-electron chi connectivity index (χ4n) is 3.80. The first-order chi connectivity index (χ1) is 11.6. The average Bonchev–Trinajstić information content (AvgIpc) is 2.95. The Bertz CT molecular complexity index is 708. The Balaban J connectivity index is 1.58. The van der Waals surface area contributed by atoms with Crippen LogP contribution in [0.15, 0.2) is 29.5 Å². The highest BCUT2D eigenvalue weighted by Gasteiger charge is 2.23. The van der Waals surface area contributed by atoms with Crippen molar-refractivity contribution in [3.63, 3.8) is 0 Å². The van der Waals surface area contributed by atoms with Gasteiger partial charge in [-0.2, -0.15) is 0 Å². The minimum absolute atomic E-state index is 0.730. The van der Waals surface area contributed by atoms with Crippen LogP contribution in [-0.4, -0.2) is 46.9 Å². The second-order valence-corrected chi connectivity index (χ2v) is 7.23. The molecule has 2 aromatic rings. The molecule has 0 amide bonds. The SMILES string of the molecule is CN=C(NCCc1cn2cccc(C)c2n1)N1CC(C)CC(C)C1. The number of likely N-dealkylation sites (tertiary alicyclic amines) is 1. The lowest BCUT2D eigenvalue weighted by Crippen LogP contribution is -2.48. The molecule has 1 fully saturated rings. The smallest absolute Gasteiger partial charge is 0.193 e. The van der Waals surface area contributed by atoms with Gasteiger partial charge in [-0.05, 0) is 36.8 Å². The van der Waals surface area contributed by atoms with Crippen LogP contribution in [0, 0.1) is 18.8 Å². The van der Waals surface area contributed by atoms with Crippen LogP contribution >= 0.6 is 0 Å². The van der Waals surface area contributed by atoms with E-state index < -0.39 is 0 Å². The summed E-state index contributed by atoms with van der Waals surface area (Å²) >= 11 is 0. The molecule has 1 saturated heterocycles. The molecule has 5 heteroatoms. The number of guanidine groups is 1. The molecule has 0 aliphatic carbocycles. The number of hydrogen-bond acceptors (Lipinski definition) is 2. The van der Waals surface area contributed by atoms with Crippen molar-refractivity contribution in [2.24, 2.45) is 16.8 Å². The van der Waals surface area contributed by atoms with E-state index in [-0.39, 0.29) is 0 Å². The third kappa shape index (κ3) is 3.71. The van der Waals surface area contributed by atoms with Gasteiger partial charge in [-0.3, -0.25) is 4.99 Å². The van der Waals surface area contributed by atoms with Crippen LogP contribution in [0.4, 0.5) is 0 Å². The zero-order valence-electron chi connectivity index (χ0n) is 15.3. The third-order valence-corrected chi connectivity index (χ3v) is 4.77. The van der Waals surface area contributed by atoms with Crippen LogP contribution in [0.5, 0.6) is 0 Å². The van der Waals surface area contributed by atoms with Gasteiger partial charge in [-0.25, -0.2) is 4.98 Å². The summed E-state index contributed by atoms with van der Waals surface area (Å²) in [4.78, 5) is 11.6. The normalized spacial score (nSPS) is 22.2. The van der Waals surface area contributed by atoms with E-state index in [1.807, 2.05) is 7.05 Å². The molecule has 3 rings (SSSR count). The van der Waals surface area contributed by atoms with E-state index in [1.54, 1.807) is 0 Å². The number of rotatable bonds is 3. The zero-order valence-corrected chi connectivity index (χ0v) is 15.3. The lowest BCUT2D eigenvalue weighted by atomic mass is 9.92. The number of piperidine rings is 1. The molecule has 0 bridgehead atoms. The summed E-state index contributed by atoms with van der Waals surface area (Å²) in [6.45, 7) is 9.80. The summed E-state index contributed by atoms with van der Waals surface area (Å²) in [5.41, 5.74) is 3.38. The fourth-order valence-corrected chi connectivity index (χ4v) is 3.80. The van der Waals surface area contributed by atoms with Gasteiger partial charge in [0.1, 0.15) is 5.65 Å². The van der Waals surface area contributed by atoms with Crippen LogP contribution in [-0.2, 0) is 6.42 Å². The Morgan fingerprint density at radius 2 is 2.08 bits per heavy atom. The molecule has 2 aromatic heterocycles. The predicted octanol–water partition coefficient (Wildman–Crippen LogP) is 2.74. The minimum atomic E-state index is 0.730. The number of aliphatic imine (C=N–C) groups is 1. The summed E-state index contributed by atoms with van der Waals surface area (Å²) in [7, 11) is 1.88. The highest BCUT2D eigenvalue weighted by Crippen LogP contribution is 2.20. The van der Waals surface area contributed by atoms with Gasteiger partial charge in [0, 0.05) is 45.5 Å². The van der Waals surface area contributed by atoms with Gasteiger partial charge in [0.05, 0.1) is 5.69 Å². The molecule has 5 nitrogen and oxygen atoms in total. The van der Waals surface area contributed by atoms with Gasteiger partial charge in [-0.1, -0.05) is 19.9 Å². The van der Waals surface area contributed by atoms with Crippen molar-refractivity contribution in [2.75, 3.05) is 26.7 Å². The Hall–Kier alpha value is -2.04. The number of hydrogen-bond donors (Lipinski definition) is 1. The zero-order chi connectivity index (χ0) is 17.1. The maximum absolute atomic E-state index is 4.74. The van der Waals surface area contributed by atoms with E-state index in [0.29, 0.717) is 0 Å². The van der Waals surface area contributed by atoms with Crippen LogP contribution in [0.2, 0.25) is 0 Å². The van der Waals surface area contributed by atoms with Gasteiger partial charge in [0.2, 0.25) is 0 Å². The quantitative estimate of drug-likeness (QED) is 0.696. The number of nitrogens with zero attached hydrogens (tertiary/aromatic N) is 4. The highest BCUT2D eigenvalue weighted by molar-refractivity contribution is 5.80. The average molecular weight is 327 g/mol. The molecule has 0 radical (unpaired) electrons. The first-order valence-corrected chi connectivity index (χ1v) is 8.95. The van der Waals surface area contributed by atoms with Crippen molar-refractivity contribution < 1.29 is 0 Å². The highest BCUT2D eigenvalue weighted by atomic mass is 15.3. The third-order valence-electron chi connectivity index (χ3n) is 4.77. The Morgan fingerprint density at radius 3 is 2.75 bits per heavy atom. The molecule has 24 heavy (non-hydrogen) atoms. The molecule has 3 heterocycles. The number of nitrogens with one attached hydrogen (secondary N) is 1. The van der Waals surface area contributed by atoms with Crippen molar-refractivity contribution >= 4 is 11.6 Å². The van der Waals surface area contributed by atoms with Crippen molar-refractivity contribution in [2.45, 2.75) is 33.6 Å². The lowest BCUT2D eigenvalue weighted by Gasteiger charge is -2.37. The number of fused-ring (bicyclic) bond motifs is 1. The van der Waals surface area contributed by atoms with Crippen molar-refractivity contribution in [1.82, 2.24) is 19.6 Å². The fraction of sp³-hybridized carbons (Fsp3) is 0.579. The second-order valence-electron chi connectivity index (χ2n) is 7.23. The molecule has 1 aliphatic heterocycles. The molecule has 130 valence electrons. The molecule has 1 aliphatic rings. The standard InChI is InChI=1S/C19H29N5/c1-14-10-15(2)12-24(11-14)19(20-4)21-8-7-17-13-23-9-5-6-16(3)18(23)22-17/h5-6,9,13-15H,7-8,10-12H2,1-4H3,(H,20,21). The van der Waals surface area contributed by atoms with E-state index in [0.717, 1.165) is 55.2 Å². The molecule has 0 aromatic carbocycles. The number of aryl methyl sites for hydroxylation is 1. The van der Waals surface area contributed by atoms with Gasteiger partial charge >= 0.3 is 0 Å². The number of imidazole rings is 1. The van der Waals surface area contributed by atoms with E-state index in [4.69, 9.17) is 4.98 Å². The lowest BCUT2D eigenvalue weighted by molar-refractivity contribution is 0.208. The van der Waals surface area contributed by atoms with Crippen molar-refractivity contribution in [1.29, 1.82) is 0 Å². The van der Waals surface area contributed by atoms with Crippen LogP contribution < -0.4 is 5.32 Å². The predicted molar refractivity (Wildman–Crippen MR) is 99.5 cm³/mol. The van der Waals surface area contributed by atoms with E-state index >= 15 is 0 Å². The summed E-state index contributed by atoms with van der Waals surface area (Å²) in [5, 5.41) is 3.51. The maximum atomic E-state index is 4.74. The summed E-state index contributed by atoms with van der Waals surface area (Å²) in [5.74, 6) is 2.48. The van der Waals surface area contributed by atoms with Crippen LogP contribution in [0.25, 0.3) is 5.65 Å². The van der Waals surface area contributed by atoms with E-state index in [1.165, 1.54) is 12.0 Å². The molecule has 0 spiro atoms. The van der Waals surface area contributed by atoms with Gasteiger partial charge in [-0.15, -0.1) is 0 Å². The summed E-state index contributed by atoms with van der Waals surface area (Å²) in [6, 6.07) is 4.16. The van der Waals surface area contributed by atoms with Gasteiger partial charge < -0.3 is 14.6 Å². The summed E-state index contributed by atoms with van der Waals surface area (Å²) in [6.07, 6.45) is 6.40. The van der Waals surface area contributed by atoms with E-state index in [9.17, 15) is 0 Å². The monoisotopic (exact) mass is 327 g/mol. The Morgan fingerprint density at radius 1 is 1.33 bits per heavy atom. The van der Waals surface area contributed by atoms with Crippen molar-refractivity contribution in [3.05, 3.63) is 35.8 Å². The minimum Gasteiger partial charge on any atom is -0.356 e. The molecule has 2 unspecified atom stereocenters. The largest absolute Gasteiger partial charge is 0.356 e. The number of aromatic nitrogens is 2. The van der Waals surface area contributed by atoms with Gasteiger partial charge in [0.25, 0.3) is 0 Å². The van der Waals surface area contributed by atoms with Crippen LogP contribution in [0.1, 0.15) is 31.5 Å². The Kier molecular flexibility index (Phi) is 5.07. The molecular weight excluding hydrogens is 298 g/mol. The first-order valence-electron chi connectivity index (χ1n) is 8.95. The van der Waals surface area contributed by atoms with Crippen molar-refractivity contribution in [3.8, 4) is 0 Å².